The van der Waals surface area contributed by atoms with Crippen LogP contribution in [-0.2, 0) is 10.0 Å². The number of benzene rings is 2. The van der Waals surface area contributed by atoms with Crippen LogP contribution < -0.4 is 4.72 Å². The Kier molecular flexibility index (Phi) is 4.39. The molecule has 0 atom stereocenters. The highest BCUT2D eigenvalue weighted by atomic mass is 35.5. The Bertz CT molecular complexity index is 935. The van der Waals surface area contributed by atoms with Gasteiger partial charge in [0.15, 0.2) is 0 Å². The van der Waals surface area contributed by atoms with Crippen molar-refractivity contribution in [2.75, 3.05) is 4.72 Å². The fourth-order valence-electron chi connectivity index (χ4n) is 2.08. The van der Waals surface area contributed by atoms with Crippen molar-refractivity contribution in [3.8, 4) is 11.3 Å². The molecular formula is C16H13ClN2O2S2. The normalized spacial score (nSPS) is 11.4. The van der Waals surface area contributed by atoms with Gasteiger partial charge in [-0.2, -0.15) is 0 Å². The molecule has 3 rings (SSSR count). The zero-order valence-corrected chi connectivity index (χ0v) is 14.5. The highest BCUT2D eigenvalue weighted by Gasteiger charge is 2.17. The number of nitrogens with zero attached hydrogens (tertiary/aromatic N) is 1. The molecule has 0 saturated carbocycles. The third-order valence-electron chi connectivity index (χ3n) is 3.18. The molecule has 7 heteroatoms. The van der Waals surface area contributed by atoms with E-state index in [1.807, 2.05) is 24.4 Å². The molecule has 0 aliphatic carbocycles. The molecule has 0 aliphatic rings. The molecule has 0 radical (unpaired) electrons. The van der Waals surface area contributed by atoms with E-state index in [9.17, 15) is 8.42 Å². The summed E-state index contributed by atoms with van der Waals surface area (Å²) < 4.78 is 27.3. The lowest BCUT2D eigenvalue weighted by molar-refractivity contribution is 0.601. The van der Waals surface area contributed by atoms with Crippen LogP contribution in [0.2, 0.25) is 5.02 Å². The van der Waals surface area contributed by atoms with Crippen molar-refractivity contribution in [1.29, 1.82) is 0 Å². The molecule has 2 aromatic carbocycles. The zero-order valence-electron chi connectivity index (χ0n) is 12.2. The average molecular weight is 365 g/mol. The minimum atomic E-state index is -3.71. The van der Waals surface area contributed by atoms with E-state index < -0.39 is 10.0 Å². The summed E-state index contributed by atoms with van der Waals surface area (Å²) in [6.07, 6.45) is 0. The van der Waals surface area contributed by atoms with Crippen LogP contribution in [0.5, 0.6) is 0 Å². The molecule has 3 aromatic rings. The monoisotopic (exact) mass is 364 g/mol. The van der Waals surface area contributed by atoms with E-state index in [0.717, 1.165) is 16.3 Å². The number of halogens is 1. The Labute approximate surface area is 143 Å². The van der Waals surface area contributed by atoms with Gasteiger partial charge in [-0.25, -0.2) is 13.4 Å². The lowest BCUT2D eigenvalue weighted by Crippen LogP contribution is -2.13. The van der Waals surface area contributed by atoms with E-state index in [1.54, 1.807) is 41.7 Å². The molecule has 0 unspecified atom stereocenters. The van der Waals surface area contributed by atoms with E-state index in [0.29, 0.717) is 5.69 Å². The summed E-state index contributed by atoms with van der Waals surface area (Å²) in [5.74, 6) is 0. The number of sulfonamides is 1. The van der Waals surface area contributed by atoms with Crippen LogP contribution in [0.25, 0.3) is 11.3 Å². The molecule has 1 N–H and O–H groups in total. The van der Waals surface area contributed by atoms with Crippen molar-refractivity contribution in [3.05, 3.63) is 63.9 Å². The molecule has 0 fully saturated rings. The minimum absolute atomic E-state index is 0.0564. The molecule has 118 valence electrons. The van der Waals surface area contributed by atoms with Gasteiger partial charge in [0.05, 0.1) is 15.7 Å². The van der Waals surface area contributed by atoms with E-state index in [-0.39, 0.29) is 9.92 Å². The van der Waals surface area contributed by atoms with E-state index >= 15 is 0 Å². The summed E-state index contributed by atoms with van der Waals surface area (Å²) in [5.41, 5.74) is 2.30. The number of nitrogens with one attached hydrogen (secondary N) is 1. The number of hydrogen-bond donors (Lipinski definition) is 1. The summed E-state index contributed by atoms with van der Waals surface area (Å²) >= 11 is 7.53. The highest BCUT2D eigenvalue weighted by Crippen LogP contribution is 2.26. The van der Waals surface area contributed by atoms with Crippen LogP contribution in [0.4, 0.5) is 5.69 Å². The fraction of sp³-hybridized carbons (Fsp3) is 0.0625. The lowest BCUT2D eigenvalue weighted by atomic mass is 10.1. The van der Waals surface area contributed by atoms with Gasteiger partial charge in [0.25, 0.3) is 10.0 Å². The van der Waals surface area contributed by atoms with E-state index in [4.69, 9.17) is 11.6 Å². The molecule has 1 heterocycles. The number of anilines is 1. The number of thiazole rings is 1. The Morgan fingerprint density at radius 1 is 1.09 bits per heavy atom. The predicted molar refractivity (Wildman–Crippen MR) is 94.5 cm³/mol. The molecule has 0 bridgehead atoms. The smallest absolute Gasteiger partial charge is 0.263 e. The summed E-state index contributed by atoms with van der Waals surface area (Å²) in [7, 11) is -3.71. The first-order chi connectivity index (χ1) is 11.0. The van der Waals surface area contributed by atoms with Crippen molar-refractivity contribution < 1.29 is 8.42 Å². The lowest BCUT2D eigenvalue weighted by Gasteiger charge is -2.09. The molecule has 0 amide bonds. The number of aryl methyl sites for hydroxylation is 1. The van der Waals surface area contributed by atoms with Crippen LogP contribution in [0, 0.1) is 6.92 Å². The van der Waals surface area contributed by atoms with Crippen LogP contribution in [0.1, 0.15) is 5.01 Å². The SMILES string of the molecule is Cc1nc(-c2ccc(NS(=O)(=O)c3ccccc3Cl)cc2)cs1. The maximum atomic E-state index is 12.4. The van der Waals surface area contributed by atoms with Gasteiger partial charge in [-0.15, -0.1) is 11.3 Å². The van der Waals surface area contributed by atoms with Crippen molar-refractivity contribution in [2.45, 2.75) is 11.8 Å². The highest BCUT2D eigenvalue weighted by molar-refractivity contribution is 7.92. The maximum Gasteiger partial charge on any atom is 0.263 e. The minimum Gasteiger partial charge on any atom is -0.280 e. The third-order valence-corrected chi connectivity index (χ3v) is 5.83. The van der Waals surface area contributed by atoms with Gasteiger partial charge in [-0.05, 0) is 31.2 Å². The largest absolute Gasteiger partial charge is 0.280 e. The summed E-state index contributed by atoms with van der Waals surface area (Å²) in [5, 5.41) is 3.15. The Balaban J connectivity index is 1.85. The van der Waals surface area contributed by atoms with Gasteiger partial charge in [-0.3, -0.25) is 4.72 Å². The third kappa shape index (κ3) is 3.55. The Morgan fingerprint density at radius 3 is 2.39 bits per heavy atom. The van der Waals surface area contributed by atoms with Gasteiger partial charge >= 0.3 is 0 Å². The Morgan fingerprint density at radius 2 is 1.78 bits per heavy atom. The standard InChI is InChI=1S/C16H13ClN2O2S2/c1-11-18-15(10-22-11)12-6-8-13(9-7-12)19-23(20,21)16-5-3-2-4-14(16)17/h2-10,19H,1H3. The van der Waals surface area contributed by atoms with Crippen molar-refractivity contribution >= 4 is 38.6 Å². The second-order valence-corrected chi connectivity index (χ2v) is 7.99. The second-order valence-electron chi connectivity index (χ2n) is 4.87. The first-order valence-electron chi connectivity index (χ1n) is 6.75. The molecule has 0 saturated heterocycles. The molecule has 23 heavy (non-hydrogen) atoms. The topological polar surface area (TPSA) is 59.1 Å². The zero-order chi connectivity index (χ0) is 16.4. The number of hydrogen-bond acceptors (Lipinski definition) is 4. The van der Waals surface area contributed by atoms with Crippen LogP contribution in [0.15, 0.2) is 58.8 Å². The van der Waals surface area contributed by atoms with Gasteiger partial charge in [0.1, 0.15) is 4.90 Å². The number of aromatic nitrogens is 1. The van der Waals surface area contributed by atoms with Crippen molar-refractivity contribution in [2.24, 2.45) is 0 Å². The quantitative estimate of drug-likeness (QED) is 0.737. The van der Waals surface area contributed by atoms with Crippen LogP contribution >= 0.6 is 22.9 Å². The Hall–Kier alpha value is -1.89. The van der Waals surface area contributed by atoms with Crippen molar-refractivity contribution in [3.63, 3.8) is 0 Å². The van der Waals surface area contributed by atoms with Gasteiger partial charge < -0.3 is 0 Å². The van der Waals surface area contributed by atoms with Crippen LogP contribution in [-0.4, -0.2) is 13.4 Å². The molecule has 4 nitrogen and oxygen atoms in total. The van der Waals surface area contributed by atoms with E-state index in [2.05, 4.69) is 9.71 Å². The second kappa shape index (κ2) is 6.31. The summed E-state index contributed by atoms with van der Waals surface area (Å²) in [4.78, 5) is 4.46. The van der Waals surface area contributed by atoms with E-state index in [1.165, 1.54) is 6.07 Å². The summed E-state index contributed by atoms with van der Waals surface area (Å²) in [6.45, 7) is 1.94. The molecular weight excluding hydrogens is 352 g/mol. The average Bonchev–Trinajstić information content (AvgIpc) is 2.94. The number of rotatable bonds is 4. The predicted octanol–water partition coefficient (Wildman–Crippen LogP) is 4.57. The molecule has 0 spiro atoms. The molecule has 1 aromatic heterocycles. The molecule has 0 aliphatic heterocycles. The van der Waals surface area contributed by atoms with Gasteiger partial charge in [0, 0.05) is 16.6 Å². The van der Waals surface area contributed by atoms with Crippen molar-refractivity contribution in [1.82, 2.24) is 4.98 Å². The maximum absolute atomic E-state index is 12.4. The van der Waals surface area contributed by atoms with Gasteiger partial charge in [-0.1, -0.05) is 35.9 Å². The fourth-order valence-corrected chi connectivity index (χ4v) is 4.28. The first-order valence-corrected chi connectivity index (χ1v) is 9.50. The van der Waals surface area contributed by atoms with Crippen LogP contribution in [0.3, 0.4) is 0 Å². The first kappa shape index (κ1) is 16.0. The van der Waals surface area contributed by atoms with Gasteiger partial charge in [0.2, 0.25) is 0 Å². The summed E-state index contributed by atoms with van der Waals surface area (Å²) in [6, 6.07) is 13.4.